The fourth-order valence-electron chi connectivity index (χ4n) is 2.01. The Morgan fingerprint density at radius 1 is 0.353 bits per heavy atom. The van der Waals surface area contributed by atoms with Gasteiger partial charge in [0.2, 0.25) is 0 Å². The molecule has 0 amide bonds. The highest BCUT2D eigenvalue weighted by molar-refractivity contribution is 5.15. The lowest BCUT2D eigenvalue weighted by atomic mass is 10.1. The molecule has 0 aromatic heterocycles. The van der Waals surface area contributed by atoms with E-state index < -0.39 is 0 Å². The average molecular weight is 230 g/mol. The monoisotopic (exact) mass is 230 g/mol. The first-order valence-corrected chi connectivity index (χ1v) is 7.15. The van der Waals surface area contributed by atoms with E-state index in [-0.39, 0.29) is 0 Å². The van der Waals surface area contributed by atoms with E-state index in [1.54, 1.807) is 0 Å². The molecule has 0 atom stereocenters. The van der Waals surface area contributed by atoms with Gasteiger partial charge in [0, 0.05) is 0 Å². The van der Waals surface area contributed by atoms with Crippen LogP contribution in [0, 0.1) is 0 Å². The lowest BCUT2D eigenvalue weighted by Crippen LogP contribution is -1.80. The van der Waals surface area contributed by atoms with E-state index in [9.17, 15) is 0 Å². The van der Waals surface area contributed by atoms with E-state index in [0.29, 0.717) is 0 Å². The molecule has 0 fully saturated rings. The zero-order valence-electron chi connectivity index (χ0n) is 11.0. The maximum absolute atomic E-state index is 2.28. The van der Waals surface area contributed by atoms with Crippen LogP contribution in [0.1, 0.15) is 57.8 Å². The third-order valence-electron chi connectivity index (χ3n) is 3.07. The summed E-state index contributed by atoms with van der Waals surface area (Å²) < 4.78 is 0. The Morgan fingerprint density at radius 3 is 1.18 bits per heavy atom. The van der Waals surface area contributed by atoms with Crippen LogP contribution in [0.15, 0.2) is 48.6 Å². The normalized spacial score (nSPS) is 25.9. The van der Waals surface area contributed by atoms with Crippen LogP contribution in [0.5, 0.6) is 0 Å². The van der Waals surface area contributed by atoms with Gasteiger partial charge in [0.1, 0.15) is 0 Å². The Hall–Kier alpha value is -1.04. The average Bonchev–Trinajstić information content (AvgIpc) is 2.35. The van der Waals surface area contributed by atoms with Gasteiger partial charge in [-0.25, -0.2) is 0 Å². The van der Waals surface area contributed by atoms with Gasteiger partial charge in [-0.1, -0.05) is 80.7 Å². The zero-order valence-corrected chi connectivity index (χ0v) is 11.0. The highest BCUT2D eigenvalue weighted by atomic mass is 14.0. The molecule has 0 saturated carbocycles. The molecule has 0 radical (unpaired) electrons. The van der Waals surface area contributed by atoms with Crippen molar-refractivity contribution in [2.45, 2.75) is 57.8 Å². The molecular formula is C17H26. The Morgan fingerprint density at radius 2 is 0.706 bits per heavy atom. The molecule has 0 bridgehead atoms. The van der Waals surface area contributed by atoms with Gasteiger partial charge in [0.05, 0.1) is 0 Å². The number of rotatable bonds is 0. The van der Waals surface area contributed by atoms with Crippen LogP contribution in [-0.4, -0.2) is 0 Å². The summed E-state index contributed by atoms with van der Waals surface area (Å²) in [6.45, 7) is 0. The third kappa shape index (κ3) is 9.86. The summed E-state index contributed by atoms with van der Waals surface area (Å²) in [6, 6.07) is 0. The predicted octanol–water partition coefficient (Wildman–Crippen LogP) is 5.74. The summed E-state index contributed by atoms with van der Waals surface area (Å²) in [5, 5.41) is 0. The number of hydrogen-bond acceptors (Lipinski definition) is 0. The molecule has 0 nitrogen and oxygen atoms in total. The van der Waals surface area contributed by atoms with Gasteiger partial charge in [-0.15, -0.1) is 0 Å². The molecule has 0 unspecified atom stereocenters. The van der Waals surface area contributed by atoms with Gasteiger partial charge in [-0.2, -0.15) is 0 Å². The van der Waals surface area contributed by atoms with Crippen LogP contribution in [0.2, 0.25) is 0 Å². The number of hydrogen-bond donors (Lipinski definition) is 0. The van der Waals surface area contributed by atoms with Gasteiger partial charge in [-0.05, 0) is 25.7 Å². The van der Waals surface area contributed by atoms with Crippen molar-refractivity contribution in [2.75, 3.05) is 0 Å². The maximum Gasteiger partial charge on any atom is -0.0348 e. The van der Waals surface area contributed by atoms with Crippen molar-refractivity contribution in [3.8, 4) is 0 Å². The van der Waals surface area contributed by atoms with E-state index in [1.165, 1.54) is 57.8 Å². The quantitative estimate of drug-likeness (QED) is 0.498. The molecule has 1 aliphatic rings. The Labute approximate surface area is 107 Å². The fraction of sp³-hybridized carbons (Fsp3) is 0.529. The van der Waals surface area contributed by atoms with Crippen molar-refractivity contribution in [2.24, 2.45) is 0 Å². The molecule has 0 heteroatoms. The molecule has 0 saturated heterocycles. The fourth-order valence-corrected chi connectivity index (χ4v) is 2.01. The van der Waals surface area contributed by atoms with E-state index >= 15 is 0 Å². The van der Waals surface area contributed by atoms with E-state index in [4.69, 9.17) is 0 Å². The smallest absolute Gasteiger partial charge is 0.0348 e. The summed E-state index contributed by atoms with van der Waals surface area (Å²) in [5.41, 5.74) is 0. The van der Waals surface area contributed by atoms with Crippen molar-refractivity contribution >= 4 is 0 Å². The molecule has 17 heavy (non-hydrogen) atoms. The number of allylic oxidation sites excluding steroid dienone is 8. The summed E-state index contributed by atoms with van der Waals surface area (Å²) in [4.78, 5) is 0. The minimum atomic E-state index is 1.23. The van der Waals surface area contributed by atoms with Gasteiger partial charge < -0.3 is 0 Å². The van der Waals surface area contributed by atoms with E-state index in [2.05, 4.69) is 48.6 Å². The lowest BCUT2D eigenvalue weighted by Gasteiger charge is -1.99. The molecule has 1 rings (SSSR count). The third-order valence-corrected chi connectivity index (χ3v) is 3.07. The second-order valence-electron chi connectivity index (χ2n) is 4.68. The van der Waals surface area contributed by atoms with Gasteiger partial charge in [-0.3, -0.25) is 0 Å². The summed E-state index contributed by atoms with van der Waals surface area (Å²) in [6.07, 6.45) is 29.5. The topological polar surface area (TPSA) is 0 Å². The molecule has 0 aliphatic heterocycles. The summed E-state index contributed by atoms with van der Waals surface area (Å²) >= 11 is 0. The Bertz CT molecular complexity index is 238. The van der Waals surface area contributed by atoms with Crippen LogP contribution >= 0.6 is 0 Å². The highest BCUT2D eigenvalue weighted by Crippen LogP contribution is 2.10. The van der Waals surface area contributed by atoms with E-state index in [0.717, 1.165) is 0 Å². The molecule has 0 aromatic carbocycles. The Kier molecular flexibility index (Phi) is 9.44. The SMILES string of the molecule is C1=CCCCCCCCCC\C=C/C=C/C=C/1. The Balaban J connectivity index is 2.29. The first-order chi connectivity index (χ1) is 8.50. The molecule has 94 valence electrons. The molecule has 0 aromatic rings. The highest BCUT2D eigenvalue weighted by Gasteiger charge is 1.90. The van der Waals surface area contributed by atoms with Gasteiger partial charge in [0.25, 0.3) is 0 Å². The second kappa shape index (κ2) is 11.4. The second-order valence-corrected chi connectivity index (χ2v) is 4.68. The van der Waals surface area contributed by atoms with Crippen molar-refractivity contribution < 1.29 is 0 Å². The largest absolute Gasteiger partial charge is 0.0845 e. The van der Waals surface area contributed by atoms with E-state index in [1.807, 2.05) is 0 Å². The van der Waals surface area contributed by atoms with Crippen molar-refractivity contribution in [3.05, 3.63) is 48.6 Å². The lowest BCUT2D eigenvalue weighted by molar-refractivity contribution is 0.583. The van der Waals surface area contributed by atoms with Crippen molar-refractivity contribution in [1.29, 1.82) is 0 Å². The maximum atomic E-state index is 2.28. The van der Waals surface area contributed by atoms with Crippen molar-refractivity contribution in [1.82, 2.24) is 0 Å². The predicted molar refractivity (Wildman–Crippen MR) is 78.1 cm³/mol. The van der Waals surface area contributed by atoms with Crippen LogP contribution in [0.25, 0.3) is 0 Å². The zero-order chi connectivity index (χ0) is 12.0. The summed E-state index contributed by atoms with van der Waals surface area (Å²) in [5.74, 6) is 0. The first kappa shape index (κ1) is 14.0. The minimum Gasteiger partial charge on any atom is -0.0845 e. The van der Waals surface area contributed by atoms with Gasteiger partial charge >= 0.3 is 0 Å². The van der Waals surface area contributed by atoms with Crippen LogP contribution < -0.4 is 0 Å². The van der Waals surface area contributed by atoms with Gasteiger partial charge in [0.15, 0.2) is 0 Å². The summed E-state index contributed by atoms with van der Waals surface area (Å²) in [7, 11) is 0. The van der Waals surface area contributed by atoms with Crippen LogP contribution in [-0.2, 0) is 0 Å². The molecule has 0 N–H and O–H groups in total. The molecule has 1 aliphatic carbocycles. The first-order valence-electron chi connectivity index (χ1n) is 7.15. The molecule has 0 heterocycles. The van der Waals surface area contributed by atoms with Crippen LogP contribution in [0.4, 0.5) is 0 Å². The van der Waals surface area contributed by atoms with Crippen LogP contribution in [0.3, 0.4) is 0 Å². The minimum absolute atomic E-state index is 1.23. The molecule has 0 spiro atoms. The van der Waals surface area contributed by atoms with Crippen molar-refractivity contribution in [3.63, 3.8) is 0 Å². The standard InChI is InChI=1S/C17H26/c1-2-4-6-8-10-12-14-16-17-15-13-11-9-7-5-3-1/h1-8H,9-17H2/b3-1+,4-2+,7-5-,8-6?. The molecular weight excluding hydrogens is 204 g/mol.